The van der Waals surface area contributed by atoms with Crippen molar-refractivity contribution in [3.05, 3.63) is 59.5 Å². The standard InChI is InChI=1S/C31H35FN4O4/c1-18-29(19(2)40-34-18)20-8-10-25-24(16-20)33-30(36(25)21-12-14-31(3,38)15-13-21)26-6-5-7-28(37)35(26)22-9-11-27(39-4)23(32)17-22/h8-11,16-17,21,26,38H,5-7,12-15H2,1-4H3/t21?,26-,31?/m0/s1. The van der Waals surface area contributed by atoms with E-state index in [4.69, 9.17) is 14.2 Å². The highest BCUT2D eigenvalue weighted by molar-refractivity contribution is 5.95. The lowest BCUT2D eigenvalue weighted by Gasteiger charge is -2.38. The molecular weight excluding hydrogens is 511 g/mol. The third-order valence-electron chi connectivity index (χ3n) is 8.60. The van der Waals surface area contributed by atoms with Crippen LogP contribution in [0.1, 0.15) is 81.2 Å². The molecular formula is C31H35FN4O4. The van der Waals surface area contributed by atoms with Crippen LogP contribution in [0.15, 0.2) is 40.9 Å². The van der Waals surface area contributed by atoms with Crippen molar-refractivity contribution in [2.75, 3.05) is 12.0 Å². The van der Waals surface area contributed by atoms with Crippen LogP contribution < -0.4 is 9.64 Å². The van der Waals surface area contributed by atoms with Gasteiger partial charge in [-0.2, -0.15) is 0 Å². The van der Waals surface area contributed by atoms with E-state index in [1.54, 1.807) is 17.0 Å². The van der Waals surface area contributed by atoms with Gasteiger partial charge in [0.25, 0.3) is 0 Å². The monoisotopic (exact) mass is 546 g/mol. The Kier molecular flexibility index (Phi) is 6.65. The number of aliphatic hydroxyl groups is 1. The minimum atomic E-state index is -0.684. The fourth-order valence-electron chi connectivity index (χ4n) is 6.51. The van der Waals surface area contributed by atoms with Crippen molar-refractivity contribution in [2.24, 2.45) is 0 Å². The normalized spacial score (nSPS) is 23.6. The third kappa shape index (κ3) is 4.56. The quantitative estimate of drug-likeness (QED) is 0.304. The van der Waals surface area contributed by atoms with E-state index >= 15 is 0 Å². The van der Waals surface area contributed by atoms with E-state index in [1.165, 1.54) is 13.2 Å². The first kappa shape index (κ1) is 26.5. The van der Waals surface area contributed by atoms with Crippen molar-refractivity contribution in [1.29, 1.82) is 0 Å². The van der Waals surface area contributed by atoms with Gasteiger partial charge in [0.05, 0.1) is 35.5 Å². The van der Waals surface area contributed by atoms with Crippen molar-refractivity contribution in [3.63, 3.8) is 0 Å². The lowest BCUT2D eigenvalue weighted by molar-refractivity contribution is -0.120. The molecule has 2 aliphatic rings. The maximum absolute atomic E-state index is 14.8. The minimum absolute atomic E-state index is 0.0533. The molecule has 2 aromatic heterocycles. The molecule has 9 heteroatoms. The van der Waals surface area contributed by atoms with Gasteiger partial charge in [0, 0.05) is 29.8 Å². The summed E-state index contributed by atoms with van der Waals surface area (Å²) in [5.74, 6) is 1.11. The molecule has 210 valence electrons. The zero-order valence-electron chi connectivity index (χ0n) is 23.4. The molecule has 40 heavy (non-hydrogen) atoms. The number of aromatic nitrogens is 3. The molecule has 1 aliphatic carbocycles. The average molecular weight is 547 g/mol. The number of fused-ring (bicyclic) bond motifs is 1. The first-order chi connectivity index (χ1) is 19.2. The van der Waals surface area contributed by atoms with Crippen LogP contribution >= 0.6 is 0 Å². The Balaban J connectivity index is 1.50. The largest absolute Gasteiger partial charge is 0.494 e. The number of benzene rings is 2. The molecule has 4 aromatic rings. The van der Waals surface area contributed by atoms with Gasteiger partial charge in [-0.3, -0.25) is 4.79 Å². The number of nitrogens with zero attached hydrogens (tertiary/aromatic N) is 4. The molecule has 6 rings (SSSR count). The number of hydrogen-bond donors (Lipinski definition) is 1. The Labute approximate surface area is 232 Å². The van der Waals surface area contributed by atoms with E-state index < -0.39 is 11.4 Å². The Bertz CT molecular complexity index is 1560. The number of rotatable bonds is 5. The summed E-state index contributed by atoms with van der Waals surface area (Å²) >= 11 is 0. The molecule has 1 N–H and O–H groups in total. The fourth-order valence-corrected chi connectivity index (χ4v) is 6.51. The molecule has 1 aliphatic heterocycles. The number of methoxy groups -OCH3 is 1. The molecule has 2 fully saturated rings. The molecule has 0 bridgehead atoms. The smallest absolute Gasteiger partial charge is 0.227 e. The lowest BCUT2D eigenvalue weighted by Crippen LogP contribution is -2.40. The Morgan fingerprint density at radius 1 is 1.12 bits per heavy atom. The van der Waals surface area contributed by atoms with E-state index in [-0.39, 0.29) is 23.7 Å². The van der Waals surface area contributed by atoms with Gasteiger partial charge < -0.3 is 23.8 Å². The molecule has 2 aromatic carbocycles. The van der Waals surface area contributed by atoms with Crippen LogP contribution in [0.3, 0.4) is 0 Å². The molecule has 0 radical (unpaired) electrons. The van der Waals surface area contributed by atoms with E-state index in [2.05, 4.69) is 27.9 Å². The SMILES string of the molecule is COc1ccc(N2C(=O)CCC[C@H]2c2nc3cc(-c4c(C)noc4C)ccc3n2C2CCC(C)(O)CC2)cc1F. The lowest BCUT2D eigenvalue weighted by atomic mass is 9.83. The van der Waals surface area contributed by atoms with Crippen LogP contribution in [0, 0.1) is 19.7 Å². The number of anilines is 1. The highest BCUT2D eigenvalue weighted by Crippen LogP contribution is 2.43. The van der Waals surface area contributed by atoms with Crippen molar-refractivity contribution >= 4 is 22.6 Å². The summed E-state index contributed by atoms with van der Waals surface area (Å²) in [6.07, 6.45) is 4.81. The van der Waals surface area contributed by atoms with Crippen molar-refractivity contribution < 1.29 is 23.6 Å². The van der Waals surface area contributed by atoms with Crippen LogP contribution in [0.4, 0.5) is 10.1 Å². The van der Waals surface area contributed by atoms with Crippen molar-refractivity contribution in [2.45, 2.75) is 83.4 Å². The summed E-state index contributed by atoms with van der Waals surface area (Å²) in [4.78, 5) is 20.3. The van der Waals surface area contributed by atoms with Gasteiger partial charge in [0.15, 0.2) is 11.6 Å². The first-order valence-electron chi connectivity index (χ1n) is 14.0. The second kappa shape index (κ2) is 10.0. The highest BCUT2D eigenvalue weighted by Gasteiger charge is 2.38. The number of amides is 1. The number of imidazole rings is 1. The van der Waals surface area contributed by atoms with Gasteiger partial charge in [-0.1, -0.05) is 11.2 Å². The van der Waals surface area contributed by atoms with Gasteiger partial charge in [-0.05, 0) is 89.1 Å². The zero-order chi connectivity index (χ0) is 28.2. The van der Waals surface area contributed by atoms with Crippen molar-refractivity contribution in [3.8, 4) is 16.9 Å². The number of carbonyl (C=O) groups excluding carboxylic acids is 1. The summed E-state index contributed by atoms with van der Waals surface area (Å²) in [6.45, 7) is 5.72. The Morgan fingerprint density at radius 3 is 2.58 bits per heavy atom. The highest BCUT2D eigenvalue weighted by atomic mass is 19.1. The summed E-state index contributed by atoms with van der Waals surface area (Å²) in [7, 11) is 1.42. The number of halogens is 1. The molecule has 1 saturated carbocycles. The third-order valence-corrected chi connectivity index (χ3v) is 8.60. The fraction of sp³-hybridized carbons (Fsp3) is 0.452. The summed E-state index contributed by atoms with van der Waals surface area (Å²) in [5.41, 5.74) is 4.36. The summed E-state index contributed by atoms with van der Waals surface area (Å²) < 4.78 is 27.6. The van der Waals surface area contributed by atoms with Gasteiger partial charge in [-0.15, -0.1) is 0 Å². The number of carbonyl (C=O) groups is 1. The second-order valence-corrected chi connectivity index (χ2v) is 11.5. The maximum atomic E-state index is 14.8. The van der Waals surface area contributed by atoms with Gasteiger partial charge in [0.1, 0.15) is 11.6 Å². The van der Waals surface area contributed by atoms with Crippen molar-refractivity contribution in [1.82, 2.24) is 14.7 Å². The zero-order valence-corrected chi connectivity index (χ0v) is 23.4. The average Bonchev–Trinajstić information content (AvgIpc) is 3.47. The molecule has 1 amide bonds. The first-order valence-corrected chi connectivity index (χ1v) is 14.0. The minimum Gasteiger partial charge on any atom is -0.494 e. The number of piperidine rings is 1. The van der Waals surface area contributed by atoms with Crippen LogP contribution in [-0.4, -0.2) is 38.4 Å². The van der Waals surface area contributed by atoms with Crippen LogP contribution in [-0.2, 0) is 4.79 Å². The number of aryl methyl sites for hydroxylation is 2. The predicted molar refractivity (Wildman–Crippen MR) is 150 cm³/mol. The molecule has 8 nitrogen and oxygen atoms in total. The summed E-state index contributed by atoms with van der Waals surface area (Å²) in [5, 5.41) is 14.8. The number of hydrogen-bond acceptors (Lipinski definition) is 6. The van der Waals surface area contributed by atoms with Crippen LogP contribution in [0.5, 0.6) is 5.75 Å². The number of ether oxygens (including phenoxy) is 1. The van der Waals surface area contributed by atoms with Gasteiger partial charge in [-0.25, -0.2) is 9.37 Å². The van der Waals surface area contributed by atoms with E-state index in [0.717, 1.165) is 58.7 Å². The topological polar surface area (TPSA) is 93.6 Å². The predicted octanol–water partition coefficient (Wildman–Crippen LogP) is 6.58. The van der Waals surface area contributed by atoms with E-state index in [1.807, 2.05) is 20.8 Å². The Hall–Kier alpha value is -3.72. The molecule has 1 saturated heterocycles. The van der Waals surface area contributed by atoms with Crippen LogP contribution in [0.2, 0.25) is 0 Å². The molecule has 0 spiro atoms. The van der Waals surface area contributed by atoms with E-state index in [9.17, 15) is 14.3 Å². The molecule has 3 heterocycles. The van der Waals surface area contributed by atoms with Crippen LogP contribution in [0.25, 0.3) is 22.2 Å². The van der Waals surface area contributed by atoms with Gasteiger partial charge in [0.2, 0.25) is 5.91 Å². The maximum Gasteiger partial charge on any atom is 0.227 e. The van der Waals surface area contributed by atoms with E-state index in [0.29, 0.717) is 31.4 Å². The van der Waals surface area contributed by atoms with Gasteiger partial charge >= 0.3 is 0 Å². The second-order valence-electron chi connectivity index (χ2n) is 11.5. The summed E-state index contributed by atoms with van der Waals surface area (Å²) in [6, 6.07) is 10.6. The Morgan fingerprint density at radius 2 is 1.90 bits per heavy atom. The molecule has 1 atom stereocenters. The molecule has 0 unspecified atom stereocenters.